The third kappa shape index (κ3) is 2.04. The van der Waals surface area contributed by atoms with Gasteiger partial charge >= 0.3 is 0 Å². The lowest BCUT2D eigenvalue weighted by atomic mass is 9.96. The van der Waals surface area contributed by atoms with Gasteiger partial charge in [0.2, 0.25) is 0 Å². The standard InChI is InChI=1S/C7H14O7/c8-1-2(9)6-4(11)3(10)5(12)7(13)14-6/h2-13H,1H2/t2-,3-,4-,5-,6+,7?/m0/s1. The highest BCUT2D eigenvalue weighted by Crippen LogP contribution is 2.21. The largest absolute Gasteiger partial charge is 0.394 e. The average Bonchev–Trinajstić information content (AvgIpc) is 2.19. The minimum atomic E-state index is -1.69. The van der Waals surface area contributed by atoms with E-state index in [1.165, 1.54) is 0 Å². The van der Waals surface area contributed by atoms with Crippen LogP contribution in [0.5, 0.6) is 0 Å². The number of aliphatic hydroxyl groups excluding tert-OH is 6. The van der Waals surface area contributed by atoms with Crippen LogP contribution in [0.4, 0.5) is 0 Å². The minimum absolute atomic E-state index is 0.683. The molecule has 1 saturated heterocycles. The van der Waals surface area contributed by atoms with E-state index < -0.39 is 43.4 Å². The first-order valence-corrected chi connectivity index (χ1v) is 4.15. The third-order valence-electron chi connectivity index (χ3n) is 2.19. The van der Waals surface area contributed by atoms with Crippen molar-refractivity contribution in [2.45, 2.75) is 36.8 Å². The van der Waals surface area contributed by atoms with Gasteiger partial charge in [0.15, 0.2) is 6.29 Å². The van der Waals surface area contributed by atoms with Gasteiger partial charge in [0, 0.05) is 0 Å². The molecular weight excluding hydrogens is 196 g/mol. The summed E-state index contributed by atoms with van der Waals surface area (Å²) in [4.78, 5) is 0. The summed E-state index contributed by atoms with van der Waals surface area (Å²) in [7, 11) is 0. The van der Waals surface area contributed by atoms with Gasteiger partial charge in [0.05, 0.1) is 6.61 Å². The summed E-state index contributed by atoms with van der Waals surface area (Å²) in [5, 5.41) is 54.3. The molecule has 0 bridgehead atoms. The van der Waals surface area contributed by atoms with Crippen molar-refractivity contribution in [2.24, 2.45) is 0 Å². The molecule has 0 spiro atoms. The van der Waals surface area contributed by atoms with E-state index in [1.807, 2.05) is 0 Å². The maximum Gasteiger partial charge on any atom is 0.184 e. The minimum Gasteiger partial charge on any atom is -0.394 e. The number of rotatable bonds is 2. The second kappa shape index (κ2) is 4.49. The first kappa shape index (κ1) is 11.8. The molecule has 0 saturated carbocycles. The highest BCUT2D eigenvalue weighted by atomic mass is 16.6. The first-order chi connectivity index (χ1) is 6.49. The van der Waals surface area contributed by atoms with Gasteiger partial charge in [0.25, 0.3) is 0 Å². The smallest absolute Gasteiger partial charge is 0.184 e. The van der Waals surface area contributed by atoms with Crippen LogP contribution in [-0.4, -0.2) is 74.1 Å². The summed E-state index contributed by atoms with van der Waals surface area (Å²) in [6.07, 6.45) is -9.26. The van der Waals surface area contributed by atoms with Crippen molar-refractivity contribution >= 4 is 0 Å². The maximum absolute atomic E-state index is 9.31. The van der Waals surface area contributed by atoms with E-state index in [-0.39, 0.29) is 0 Å². The fraction of sp³-hybridized carbons (Fsp3) is 1.00. The summed E-state index contributed by atoms with van der Waals surface area (Å²) in [5.41, 5.74) is 0. The number of ether oxygens (including phenoxy) is 1. The molecule has 1 aliphatic heterocycles. The number of aliphatic hydroxyl groups is 6. The van der Waals surface area contributed by atoms with Crippen molar-refractivity contribution in [3.8, 4) is 0 Å². The zero-order valence-electron chi connectivity index (χ0n) is 7.26. The molecular formula is C7H14O7. The molecule has 84 valence electrons. The lowest BCUT2D eigenvalue weighted by molar-refractivity contribution is -0.298. The second-order valence-corrected chi connectivity index (χ2v) is 3.21. The predicted octanol–water partition coefficient (Wildman–Crippen LogP) is -3.86. The molecule has 0 aromatic carbocycles. The van der Waals surface area contributed by atoms with E-state index >= 15 is 0 Å². The fourth-order valence-electron chi connectivity index (χ4n) is 1.31. The molecule has 0 amide bonds. The molecule has 6 atom stereocenters. The van der Waals surface area contributed by atoms with Crippen LogP contribution in [0, 0.1) is 0 Å². The molecule has 7 nitrogen and oxygen atoms in total. The summed E-state index contributed by atoms with van der Waals surface area (Å²) in [5.74, 6) is 0. The highest BCUT2D eigenvalue weighted by molar-refractivity contribution is 4.91. The Labute approximate surface area is 79.8 Å². The highest BCUT2D eigenvalue weighted by Gasteiger charge is 2.45. The van der Waals surface area contributed by atoms with Gasteiger partial charge in [-0.05, 0) is 0 Å². The molecule has 14 heavy (non-hydrogen) atoms. The average molecular weight is 210 g/mol. The molecule has 1 heterocycles. The van der Waals surface area contributed by atoms with Crippen molar-refractivity contribution in [3.05, 3.63) is 0 Å². The quantitative estimate of drug-likeness (QED) is 0.275. The SMILES string of the molecule is OC[C@H](O)[C@H]1OC(O)[C@@H](O)[C@@H](O)[C@@H]1O. The Bertz CT molecular complexity index is 187. The Morgan fingerprint density at radius 2 is 1.57 bits per heavy atom. The van der Waals surface area contributed by atoms with Crippen LogP contribution in [0.3, 0.4) is 0 Å². The van der Waals surface area contributed by atoms with E-state index in [0.717, 1.165) is 0 Å². The van der Waals surface area contributed by atoms with Crippen molar-refractivity contribution in [1.29, 1.82) is 0 Å². The van der Waals surface area contributed by atoms with Crippen LogP contribution >= 0.6 is 0 Å². The van der Waals surface area contributed by atoms with Gasteiger partial charge in [0.1, 0.15) is 30.5 Å². The summed E-state index contributed by atoms with van der Waals surface area (Å²) < 4.78 is 4.62. The van der Waals surface area contributed by atoms with Crippen molar-refractivity contribution in [3.63, 3.8) is 0 Å². The Morgan fingerprint density at radius 1 is 1.00 bits per heavy atom. The van der Waals surface area contributed by atoms with Crippen LogP contribution in [0.25, 0.3) is 0 Å². The molecule has 0 radical (unpaired) electrons. The number of hydrogen-bond acceptors (Lipinski definition) is 7. The summed E-state index contributed by atoms with van der Waals surface area (Å²) >= 11 is 0. The van der Waals surface area contributed by atoms with E-state index in [4.69, 9.17) is 20.4 Å². The van der Waals surface area contributed by atoms with Gasteiger partial charge in [-0.25, -0.2) is 0 Å². The van der Waals surface area contributed by atoms with E-state index in [2.05, 4.69) is 4.74 Å². The molecule has 0 aliphatic carbocycles. The summed E-state index contributed by atoms with van der Waals surface area (Å²) in [6, 6.07) is 0. The Hall–Kier alpha value is -0.280. The zero-order valence-corrected chi connectivity index (χ0v) is 7.26. The van der Waals surface area contributed by atoms with Crippen molar-refractivity contribution in [2.75, 3.05) is 6.61 Å². The van der Waals surface area contributed by atoms with Crippen molar-refractivity contribution in [1.82, 2.24) is 0 Å². The van der Waals surface area contributed by atoms with Crippen LogP contribution < -0.4 is 0 Å². The molecule has 1 rings (SSSR count). The second-order valence-electron chi connectivity index (χ2n) is 3.21. The van der Waals surface area contributed by atoms with Crippen LogP contribution in [-0.2, 0) is 4.74 Å². The Kier molecular flexibility index (Phi) is 3.78. The molecule has 1 fully saturated rings. The van der Waals surface area contributed by atoms with Gasteiger partial charge in [-0.3, -0.25) is 0 Å². The van der Waals surface area contributed by atoms with Crippen LogP contribution in [0.1, 0.15) is 0 Å². The van der Waals surface area contributed by atoms with Crippen molar-refractivity contribution < 1.29 is 35.4 Å². The zero-order chi connectivity index (χ0) is 10.9. The van der Waals surface area contributed by atoms with Gasteiger partial charge in [-0.2, -0.15) is 0 Å². The topological polar surface area (TPSA) is 131 Å². The fourth-order valence-corrected chi connectivity index (χ4v) is 1.31. The van der Waals surface area contributed by atoms with Gasteiger partial charge < -0.3 is 35.4 Å². The maximum atomic E-state index is 9.31. The normalized spacial score (nSPS) is 46.3. The lowest BCUT2D eigenvalue weighted by Gasteiger charge is -2.39. The van der Waals surface area contributed by atoms with E-state index in [1.54, 1.807) is 0 Å². The third-order valence-corrected chi connectivity index (χ3v) is 2.19. The predicted molar refractivity (Wildman–Crippen MR) is 42.0 cm³/mol. The van der Waals surface area contributed by atoms with Crippen LogP contribution in [0.2, 0.25) is 0 Å². The first-order valence-electron chi connectivity index (χ1n) is 4.15. The molecule has 7 heteroatoms. The Balaban J connectivity index is 2.70. The lowest BCUT2D eigenvalue weighted by Crippen LogP contribution is -2.61. The van der Waals surface area contributed by atoms with E-state index in [0.29, 0.717) is 0 Å². The molecule has 6 N–H and O–H groups in total. The van der Waals surface area contributed by atoms with Gasteiger partial charge in [-0.15, -0.1) is 0 Å². The number of hydrogen-bond donors (Lipinski definition) is 6. The molecule has 0 aromatic rings. The monoisotopic (exact) mass is 210 g/mol. The summed E-state index contributed by atoms with van der Waals surface area (Å²) in [6.45, 7) is -0.683. The molecule has 1 unspecified atom stereocenters. The Morgan fingerprint density at radius 3 is 2.07 bits per heavy atom. The van der Waals surface area contributed by atoms with Crippen LogP contribution in [0.15, 0.2) is 0 Å². The van der Waals surface area contributed by atoms with Gasteiger partial charge in [-0.1, -0.05) is 0 Å². The molecule has 1 aliphatic rings. The van der Waals surface area contributed by atoms with E-state index in [9.17, 15) is 10.2 Å². The molecule has 0 aromatic heterocycles.